The summed E-state index contributed by atoms with van der Waals surface area (Å²) in [5.74, 6) is -0.624. The first kappa shape index (κ1) is 14.8. The molecule has 0 unspecified atom stereocenters. The van der Waals surface area contributed by atoms with E-state index in [1.807, 2.05) is 0 Å². The fourth-order valence-electron chi connectivity index (χ4n) is 2.23. The molecule has 1 N–H and O–H groups in total. The number of rotatable bonds is 3. The molecule has 1 aromatic heterocycles. The van der Waals surface area contributed by atoms with Crippen molar-refractivity contribution in [2.45, 2.75) is 25.9 Å². The molecule has 1 atom stereocenters. The smallest absolute Gasteiger partial charge is 0.306 e. The largest absolute Gasteiger partial charge is 0.401 e. The zero-order valence-corrected chi connectivity index (χ0v) is 10.9. The molecule has 2 heterocycles. The molecule has 0 aromatic carbocycles. The predicted molar refractivity (Wildman–Crippen MR) is 62.9 cm³/mol. The van der Waals surface area contributed by atoms with Crippen molar-refractivity contribution in [2.24, 2.45) is 5.92 Å². The average molecular weight is 292 g/mol. The van der Waals surface area contributed by atoms with Crippen molar-refractivity contribution in [3.63, 3.8) is 0 Å². The topological polar surface area (TPSA) is 71.3 Å². The molecule has 1 aromatic rings. The van der Waals surface area contributed by atoms with Gasteiger partial charge in [0.2, 0.25) is 5.91 Å². The second kappa shape index (κ2) is 5.78. The molecular weight excluding hydrogens is 277 g/mol. The molecule has 1 fully saturated rings. The summed E-state index contributed by atoms with van der Waals surface area (Å²) >= 11 is 0. The van der Waals surface area contributed by atoms with E-state index in [9.17, 15) is 18.0 Å². The number of anilines is 1. The number of carbonyl (C=O) groups excluding carboxylic acids is 1. The maximum atomic E-state index is 12.4. The number of amides is 1. The van der Waals surface area contributed by atoms with E-state index in [1.54, 1.807) is 6.92 Å². The van der Waals surface area contributed by atoms with Gasteiger partial charge < -0.3 is 5.32 Å². The highest BCUT2D eigenvalue weighted by Crippen LogP contribution is 2.23. The van der Waals surface area contributed by atoms with E-state index in [-0.39, 0.29) is 18.3 Å². The first-order valence-electron chi connectivity index (χ1n) is 6.24. The minimum absolute atomic E-state index is 0.0929. The van der Waals surface area contributed by atoms with Crippen molar-refractivity contribution in [1.82, 2.24) is 15.2 Å². The molecule has 20 heavy (non-hydrogen) atoms. The number of aryl methyl sites for hydroxylation is 1. The number of likely N-dealkylation sites (tertiary alicyclic amines) is 1. The summed E-state index contributed by atoms with van der Waals surface area (Å²) in [6, 6.07) is 0. The summed E-state index contributed by atoms with van der Waals surface area (Å²) in [5.41, 5.74) is 0.432. The molecule has 0 bridgehead atoms. The third-order valence-corrected chi connectivity index (χ3v) is 3.17. The molecule has 1 saturated heterocycles. The van der Waals surface area contributed by atoms with Crippen molar-refractivity contribution in [3.05, 3.63) is 5.69 Å². The zero-order chi connectivity index (χ0) is 14.8. The van der Waals surface area contributed by atoms with Crippen LogP contribution in [0.25, 0.3) is 0 Å². The fraction of sp³-hybridized carbons (Fsp3) is 0.727. The number of nitrogens with zero attached hydrogens (tertiary/aromatic N) is 3. The van der Waals surface area contributed by atoms with Crippen molar-refractivity contribution >= 4 is 11.7 Å². The van der Waals surface area contributed by atoms with E-state index in [1.165, 1.54) is 4.90 Å². The van der Waals surface area contributed by atoms with E-state index in [0.29, 0.717) is 25.1 Å². The standard InChI is InChI=1S/C11H15F3N4O2/c1-7-9(17-20-16-7)15-10(19)8-3-2-4-18(5-8)6-11(12,13)14/h8H,2-6H2,1H3,(H,15,17,19)/t8-/m0/s1. The van der Waals surface area contributed by atoms with Crippen LogP contribution in [0.2, 0.25) is 0 Å². The first-order chi connectivity index (χ1) is 9.35. The average Bonchev–Trinajstić information content (AvgIpc) is 2.73. The van der Waals surface area contributed by atoms with Crippen molar-refractivity contribution in [2.75, 3.05) is 25.0 Å². The highest BCUT2D eigenvalue weighted by atomic mass is 19.4. The molecule has 1 aliphatic heterocycles. The maximum Gasteiger partial charge on any atom is 0.401 e. The lowest BCUT2D eigenvalue weighted by Crippen LogP contribution is -2.44. The number of alkyl halides is 3. The SMILES string of the molecule is Cc1nonc1NC(=O)[C@H]1CCCN(CC(F)(F)F)C1. The van der Waals surface area contributed by atoms with Gasteiger partial charge >= 0.3 is 6.18 Å². The van der Waals surface area contributed by atoms with Gasteiger partial charge in [-0.05, 0) is 31.5 Å². The summed E-state index contributed by atoms with van der Waals surface area (Å²) in [7, 11) is 0. The van der Waals surface area contributed by atoms with E-state index in [2.05, 4.69) is 20.3 Å². The Morgan fingerprint density at radius 2 is 2.25 bits per heavy atom. The molecule has 9 heteroatoms. The Bertz CT molecular complexity index is 474. The molecule has 0 radical (unpaired) electrons. The van der Waals surface area contributed by atoms with Gasteiger partial charge in [0.25, 0.3) is 0 Å². The number of hydrogen-bond donors (Lipinski definition) is 1. The number of piperidine rings is 1. The Morgan fingerprint density at radius 3 is 2.85 bits per heavy atom. The molecule has 0 spiro atoms. The second-order valence-corrected chi connectivity index (χ2v) is 4.88. The third-order valence-electron chi connectivity index (χ3n) is 3.17. The van der Waals surface area contributed by atoms with Gasteiger partial charge in [0.05, 0.1) is 12.5 Å². The van der Waals surface area contributed by atoms with Gasteiger partial charge in [-0.2, -0.15) is 13.2 Å². The van der Waals surface area contributed by atoms with Gasteiger partial charge in [-0.1, -0.05) is 5.16 Å². The number of aromatic nitrogens is 2. The van der Waals surface area contributed by atoms with Crippen molar-refractivity contribution in [1.29, 1.82) is 0 Å². The Morgan fingerprint density at radius 1 is 1.50 bits per heavy atom. The summed E-state index contributed by atoms with van der Waals surface area (Å²) < 4.78 is 41.5. The minimum Gasteiger partial charge on any atom is -0.306 e. The maximum absolute atomic E-state index is 12.4. The van der Waals surface area contributed by atoms with Crippen LogP contribution in [-0.2, 0) is 4.79 Å². The summed E-state index contributed by atoms with van der Waals surface area (Å²) in [5, 5.41) is 9.56. The first-order valence-corrected chi connectivity index (χ1v) is 6.24. The van der Waals surface area contributed by atoms with Crippen molar-refractivity contribution < 1.29 is 22.6 Å². The Hall–Kier alpha value is -1.64. The normalized spacial score (nSPS) is 20.9. The van der Waals surface area contributed by atoms with Gasteiger partial charge in [0.15, 0.2) is 5.82 Å². The number of carbonyl (C=O) groups is 1. The van der Waals surface area contributed by atoms with E-state index in [4.69, 9.17) is 0 Å². The van der Waals surface area contributed by atoms with Crippen LogP contribution in [0.1, 0.15) is 18.5 Å². The highest BCUT2D eigenvalue weighted by molar-refractivity contribution is 5.92. The zero-order valence-electron chi connectivity index (χ0n) is 10.9. The molecule has 0 saturated carbocycles. The second-order valence-electron chi connectivity index (χ2n) is 4.88. The van der Waals surface area contributed by atoms with Crippen LogP contribution in [0, 0.1) is 12.8 Å². The van der Waals surface area contributed by atoms with Crippen LogP contribution in [0.4, 0.5) is 19.0 Å². The molecule has 1 amide bonds. The van der Waals surface area contributed by atoms with Gasteiger partial charge in [-0.25, -0.2) is 4.63 Å². The lowest BCUT2D eigenvalue weighted by atomic mass is 9.97. The Kier molecular flexibility index (Phi) is 4.26. The lowest BCUT2D eigenvalue weighted by Gasteiger charge is -2.32. The van der Waals surface area contributed by atoms with Crippen LogP contribution in [0.5, 0.6) is 0 Å². The van der Waals surface area contributed by atoms with Crippen LogP contribution >= 0.6 is 0 Å². The molecular formula is C11H15F3N4O2. The van der Waals surface area contributed by atoms with Crippen LogP contribution < -0.4 is 5.32 Å². The molecule has 0 aliphatic carbocycles. The molecule has 1 aliphatic rings. The van der Waals surface area contributed by atoms with Crippen LogP contribution in [0.3, 0.4) is 0 Å². The Balaban J connectivity index is 1.91. The van der Waals surface area contributed by atoms with Gasteiger partial charge in [-0.15, -0.1) is 0 Å². The Labute approximate surface area is 113 Å². The number of hydrogen-bond acceptors (Lipinski definition) is 5. The number of halogens is 3. The van der Waals surface area contributed by atoms with Gasteiger partial charge in [0.1, 0.15) is 5.69 Å². The summed E-state index contributed by atoms with van der Waals surface area (Å²) in [6.45, 7) is 1.08. The van der Waals surface area contributed by atoms with E-state index < -0.39 is 18.6 Å². The highest BCUT2D eigenvalue weighted by Gasteiger charge is 2.34. The molecule has 6 nitrogen and oxygen atoms in total. The third kappa shape index (κ3) is 3.92. The quantitative estimate of drug-likeness (QED) is 0.916. The fourth-order valence-corrected chi connectivity index (χ4v) is 2.23. The number of nitrogens with one attached hydrogen (secondary N) is 1. The molecule has 2 rings (SSSR count). The van der Waals surface area contributed by atoms with Crippen LogP contribution in [-0.4, -0.2) is 46.9 Å². The van der Waals surface area contributed by atoms with E-state index in [0.717, 1.165) is 0 Å². The lowest BCUT2D eigenvalue weighted by molar-refractivity contribution is -0.151. The molecule has 112 valence electrons. The minimum atomic E-state index is -4.25. The summed E-state index contributed by atoms with van der Waals surface area (Å²) in [4.78, 5) is 13.3. The predicted octanol–water partition coefficient (Wildman–Crippen LogP) is 1.59. The van der Waals surface area contributed by atoms with Crippen molar-refractivity contribution in [3.8, 4) is 0 Å². The monoisotopic (exact) mass is 292 g/mol. The van der Waals surface area contributed by atoms with Gasteiger partial charge in [0, 0.05) is 6.54 Å². The van der Waals surface area contributed by atoms with E-state index >= 15 is 0 Å². The van der Waals surface area contributed by atoms with Gasteiger partial charge in [-0.3, -0.25) is 9.69 Å². The summed E-state index contributed by atoms with van der Waals surface area (Å²) in [6.07, 6.45) is -3.13. The van der Waals surface area contributed by atoms with Crippen LogP contribution in [0.15, 0.2) is 4.63 Å².